The molecule has 0 amide bonds. The molecule has 2 aromatic carbocycles. The van der Waals surface area contributed by atoms with Crippen LogP contribution in [0.3, 0.4) is 0 Å². The Balaban J connectivity index is 1.50. The highest BCUT2D eigenvalue weighted by Crippen LogP contribution is 2.43. The fourth-order valence-electron chi connectivity index (χ4n) is 3.70. The number of benzene rings is 2. The van der Waals surface area contributed by atoms with Crippen molar-refractivity contribution in [1.29, 1.82) is 0 Å². The summed E-state index contributed by atoms with van der Waals surface area (Å²) in [5.41, 5.74) is 3.94. The number of hydrogen-bond donors (Lipinski definition) is 1. The first-order valence-corrected chi connectivity index (χ1v) is 8.19. The van der Waals surface area contributed by atoms with E-state index < -0.39 is 6.10 Å². The summed E-state index contributed by atoms with van der Waals surface area (Å²) in [5, 5.41) is 11.4. The van der Waals surface area contributed by atoms with Crippen LogP contribution in [0.25, 0.3) is 22.2 Å². The zero-order valence-electron chi connectivity index (χ0n) is 13.3. The SMILES string of the molecule is OC(CC1c2ccccc2-c2cncn21)c1cc2cc(F)ccc2o1. The first-order chi connectivity index (χ1) is 12.2. The maximum Gasteiger partial charge on any atom is 0.134 e. The van der Waals surface area contributed by atoms with Crippen molar-refractivity contribution in [3.05, 3.63) is 78.2 Å². The minimum absolute atomic E-state index is 0.00588. The van der Waals surface area contributed by atoms with Crippen molar-refractivity contribution in [2.45, 2.75) is 18.6 Å². The number of aromatic nitrogens is 2. The lowest BCUT2D eigenvalue weighted by Crippen LogP contribution is -2.10. The second-order valence-electron chi connectivity index (χ2n) is 6.37. The smallest absolute Gasteiger partial charge is 0.134 e. The van der Waals surface area contributed by atoms with E-state index in [1.807, 2.05) is 18.3 Å². The summed E-state index contributed by atoms with van der Waals surface area (Å²) in [4.78, 5) is 4.23. The van der Waals surface area contributed by atoms with E-state index >= 15 is 0 Å². The maximum absolute atomic E-state index is 13.4. The van der Waals surface area contributed by atoms with E-state index in [1.54, 1.807) is 18.5 Å². The highest BCUT2D eigenvalue weighted by Gasteiger charge is 2.30. The van der Waals surface area contributed by atoms with E-state index in [-0.39, 0.29) is 11.9 Å². The van der Waals surface area contributed by atoms with Gasteiger partial charge in [0.05, 0.1) is 24.3 Å². The Kier molecular flexibility index (Phi) is 3.05. The Morgan fingerprint density at radius 1 is 1.20 bits per heavy atom. The molecule has 124 valence electrons. The molecule has 1 aliphatic rings. The van der Waals surface area contributed by atoms with E-state index in [1.165, 1.54) is 17.7 Å². The quantitative estimate of drug-likeness (QED) is 0.602. The number of aliphatic hydroxyl groups is 1. The number of nitrogens with zero attached hydrogens (tertiary/aromatic N) is 2. The van der Waals surface area contributed by atoms with Crippen LogP contribution in [0.15, 0.2) is 65.5 Å². The maximum atomic E-state index is 13.4. The molecule has 5 rings (SSSR count). The van der Waals surface area contributed by atoms with Gasteiger partial charge in [0.2, 0.25) is 0 Å². The fourth-order valence-corrected chi connectivity index (χ4v) is 3.70. The van der Waals surface area contributed by atoms with Gasteiger partial charge in [0.1, 0.15) is 23.3 Å². The van der Waals surface area contributed by atoms with Crippen LogP contribution in [0.4, 0.5) is 4.39 Å². The van der Waals surface area contributed by atoms with Gasteiger partial charge < -0.3 is 14.1 Å². The zero-order valence-corrected chi connectivity index (χ0v) is 13.3. The molecule has 0 spiro atoms. The first-order valence-electron chi connectivity index (χ1n) is 8.19. The van der Waals surface area contributed by atoms with Crippen LogP contribution >= 0.6 is 0 Å². The van der Waals surface area contributed by atoms with E-state index in [4.69, 9.17) is 4.42 Å². The third-order valence-corrected chi connectivity index (χ3v) is 4.87. The molecule has 0 fully saturated rings. The minimum Gasteiger partial charge on any atom is -0.458 e. The van der Waals surface area contributed by atoms with Crippen LogP contribution < -0.4 is 0 Å². The highest BCUT2D eigenvalue weighted by molar-refractivity contribution is 5.78. The average Bonchev–Trinajstić information content (AvgIpc) is 3.30. The summed E-state index contributed by atoms with van der Waals surface area (Å²) >= 11 is 0. The largest absolute Gasteiger partial charge is 0.458 e. The van der Waals surface area contributed by atoms with Crippen LogP contribution in [0, 0.1) is 5.82 Å². The summed E-state index contributed by atoms with van der Waals surface area (Å²) in [5.74, 6) is 0.133. The van der Waals surface area contributed by atoms with Gasteiger partial charge in [-0.15, -0.1) is 0 Å². The molecule has 0 aliphatic carbocycles. The van der Waals surface area contributed by atoms with Crippen LogP contribution in [-0.2, 0) is 0 Å². The van der Waals surface area contributed by atoms with Crippen molar-refractivity contribution in [3.63, 3.8) is 0 Å². The van der Waals surface area contributed by atoms with Crippen LogP contribution in [0.1, 0.15) is 29.9 Å². The molecule has 1 N–H and O–H groups in total. The van der Waals surface area contributed by atoms with Crippen molar-refractivity contribution >= 4 is 11.0 Å². The van der Waals surface area contributed by atoms with Gasteiger partial charge >= 0.3 is 0 Å². The molecule has 25 heavy (non-hydrogen) atoms. The van der Waals surface area contributed by atoms with Crippen molar-refractivity contribution in [3.8, 4) is 11.3 Å². The number of imidazole rings is 1. The average molecular weight is 334 g/mol. The Morgan fingerprint density at radius 3 is 3.00 bits per heavy atom. The molecular weight excluding hydrogens is 319 g/mol. The van der Waals surface area contributed by atoms with Gasteiger partial charge in [-0.05, 0) is 29.8 Å². The number of furan rings is 1. The Bertz CT molecular complexity index is 1080. The summed E-state index contributed by atoms with van der Waals surface area (Å²) in [6.07, 6.45) is 3.31. The molecular formula is C20H15FN2O2. The summed E-state index contributed by atoms with van der Waals surface area (Å²) in [6.45, 7) is 0. The molecule has 3 heterocycles. The topological polar surface area (TPSA) is 51.2 Å². The second-order valence-corrected chi connectivity index (χ2v) is 6.37. The van der Waals surface area contributed by atoms with Gasteiger partial charge in [0.25, 0.3) is 0 Å². The molecule has 0 radical (unpaired) electrons. The molecule has 2 atom stereocenters. The molecule has 5 heteroatoms. The lowest BCUT2D eigenvalue weighted by atomic mass is 9.98. The Morgan fingerprint density at radius 2 is 2.08 bits per heavy atom. The predicted molar refractivity (Wildman–Crippen MR) is 91.6 cm³/mol. The van der Waals surface area contributed by atoms with E-state index in [9.17, 15) is 9.50 Å². The van der Waals surface area contributed by atoms with Crippen molar-refractivity contribution in [2.24, 2.45) is 0 Å². The molecule has 2 unspecified atom stereocenters. The molecule has 1 aliphatic heterocycles. The van der Waals surface area contributed by atoms with E-state index in [2.05, 4.69) is 21.7 Å². The van der Waals surface area contributed by atoms with Crippen molar-refractivity contribution < 1.29 is 13.9 Å². The third kappa shape index (κ3) is 2.20. The number of rotatable bonds is 3. The van der Waals surface area contributed by atoms with Crippen molar-refractivity contribution in [1.82, 2.24) is 9.55 Å². The van der Waals surface area contributed by atoms with Crippen LogP contribution in [0.5, 0.6) is 0 Å². The predicted octanol–water partition coefficient (Wildman–Crippen LogP) is 4.46. The normalized spacial score (nSPS) is 16.8. The Labute approximate surface area is 143 Å². The number of hydrogen-bond acceptors (Lipinski definition) is 3. The van der Waals surface area contributed by atoms with Gasteiger partial charge in [0.15, 0.2) is 0 Å². The zero-order chi connectivity index (χ0) is 17.0. The van der Waals surface area contributed by atoms with E-state index in [0.29, 0.717) is 23.2 Å². The lowest BCUT2D eigenvalue weighted by Gasteiger charge is -2.17. The summed E-state index contributed by atoms with van der Waals surface area (Å²) in [6, 6.07) is 14.2. The van der Waals surface area contributed by atoms with Crippen molar-refractivity contribution in [2.75, 3.05) is 0 Å². The van der Waals surface area contributed by atoms with Crippen LogP contribution in [0.2, 0.25) is 0 Å². The molecule has 2 aromatic heterocycles. The second kappa shape index (κ2) is 5.29. The third-order valence-electron chi connectivity index (χ3n) is 4.87. The summed E-state index contributed by atoms with van der Waals surface area (Å²) < 4.78 is 21.1. The fraction of sp³-hybridized carbons (Fsp3) is 0.150. The highest BCUT2D eigenvalue weighted by atomic mass is 19.1. The molecule has 0 saturated heterocycles. The van der Waals surface area contributed by atoms with Gasteiger partial charge in [-0.3, -0.25) is 0 Å². The lowest BCUT2D eigenvalue weighted by molar-refractivity contribution is 0.130. The standard InChI is InChI=1S/C20H15FN2O2/c21-13-5-6-19-12(7-13)8-20(25-19)18(24)9-16-14-3-1-2-4-15(14)17-10-22-11-23(16)17/h1-8,10-11,16,18,24H,9H2. The molecule has 4 aromatic rings. The number of halogens is 1. The van der Waals surface area contributed by atoms with Gasteiger partial charge in [-0.25, -0.2) is 9.37 Å². The molecule has 4 nitrogen and oxygen atoms in total. The minimum atomic E-state index is -0.790. The van der Waals surface area contributed by atoms with Gasteiger partial charge in [-0.2, -0.15) is 0 Å². The van der Waals surface area contributed by atoms with Crippen LogP contribution in [-0.4, -0.2) is 14.7 Å². The summed E-state index contributed by atoms with van der Waals surface area (Å²) in [7, 11) is 0. The number of fused-ring (bicyclic) bond motifs is 4. The molecule has 0 saturated carbocycles. The first kappa shape index (κ1) is 14.4. The Hall–Kier alpha value is -2.92. The monoisotopic (exact) mass is 334 g/mol. The van der Waals surface area contributed by atoms with E-state index in [0.717, 1.165) is 11.3 Å². The molecule has 0 bridgehead atoms. The number of aliphatic hydroxyl groups excluding tert-OH is 1. The van der Waals surface area contributed by atoms with Gasteiger partial charge in [-0.1, -0.05) is 24.3 Å². The van der Waals surface area contributed by atoms with Gasteiger partial charge in [0, 0.05) is 17.4 Å².